The monoisotopic (exact) mass is 186 g/mol. The molecule has 1 rings (SSSR count). The van der Waals surface area contributed by atoms with Crippen molar-refractivity contribution < 1.29 is 4.79 Å². The molecule has 0 saturated carbocycles. The summed E-state index contributed by atoms with van der Waals surface area (Å²) in [6.45, 7) is 1.65. The zero-order chi connectivity index (χ0) is 9.14. The molecular formula is C6H7ClN4O. The molecule has 5 nitrogen and oxygen atoms in total. The Morgan fingerprint density at radius 1 is 1.75 bits per heavy atom. The summed E-state index contributed by atoms with van der Waals surface area (Å²) in [7, 11) is 0. The first-order valence-corrected chi connectivity index (χ1v) is 3.53. The zero-order valence-corrected chi connectivity index (χ0v) is 7.09. The summed E-state index contributed by atoms with van der Waals surface area (Å²) in [5.41, 5.74) is 2.80. The third-order valence-corrected chi connectivity index (χ3v) is 1.51. The molecule has 1 aromatic heterocycles. The number of hydrogen-bond donors (Lipinski definition) is 2. The van der Waals surface area contributed by atoms with Gasteiger partial charge in [0.05, 0.1) is 11.3 Å². The Morgan fingerprint density at radius 2 is 2.42 bits per heavy atom. The van der Waals surface area contributed by atoms with Crippen LogP contribution in [0.15, 0.2) is 6.20 Å². The van der Waals surface area contributed by atoms with E-state index in [0.29, 0.717) is 11.3 Å². The number of halogens is 1. The summed E-state index contributed by atoms with van der Waals surface area (Å²) >= 11 is 5.48. The van der Waals surface area contributed by atoms with E-state index in [9.17, 15) is 4.79 Å². The first kappa shape index (κ1) is 8.89. The number of nitrogens with two attached hydrogens (primary N) is 1. The van der Waals surface area contributed by atoms with Crippen LogP contribution in [0.4, 0.5) is 0 Å². The lowest BCUT2D eigenvalue weighted by molar-refractivity contribution is 0.0952. The highest BCUT2D eigenvalue weighted by atomic mass is 35.5. The van der Waals surface area contributed by atoms with Crippen LogP contribution in [0.3, 0.4) is 0 Å². The van der Waals surface area contributed by atoms with Gasteiger partial charge in [-0.15, -0.1) is 0 Å². The highest BCUT2D eigenvalue weighted by Crippen LogP contribution is 2.06. The van der Waals surface area contributed by atoms with Gasteiger partial charge < -0.3 is 0 Å². The van der Waals surface area contributed by atoms with Crippen molar-refractivity contribution in [2.24, 2.45) is 5.84 Å². The maximum absolute atomic E-state index is 11.0. The fourth-order valence-corrected chi connectivity index (χ4v) is 0.915. The van der Waals surface area contributed by atoms with E-state index >= 15 is 0 Å². The van der Waals surface area contributed by atoms with Crippen molar-refractivity contribution in [3.63, 3.8) is 0 Å². The number of nitrogens with one attached hydrogen (secondary N) is 1. The lowest BCUT2D eigenvalue weighted by Crippen LogP contribution is -2.30. The third kappa shape index (κ3) is 1.69. The van der Waals surface area contributed by atoms with E-state index in [2.05, 4.69) is 9.97 Å². The zero-order valence-electron chi connectivity index (χ0n) is 6.34. The van der Waals surface area contributed by atoms with Crippen molar-refractivity contribution in [1.29, 1.82) is 0 Å². The van der Waals surface area contributed by atoms with Crippen LogP contribution in [-0.4, -0.2) is 15.9 Å². The Morgan fingerprint density at radius 3 is 2.92 bits per heavy atom. The number of hydrogen-bond acceptors (Lipinski definition) is 4. The quantitative estimate of drug-likeness (QED) is 0.281. The van der Waals surface area contributed by atoms with Gasteiger partial charge in [0.2, 0.25) is 5.28 Å². The maximum atomic E-state index is 11.0. The Labute approximate surface area is 73.9 Å². The predicted octanol–water partition coefficient (Wildman–Crippen LogP) is 0.0419. The molecule has 0 saturated heterocycles. The Bertz CT molecular complexity index is 314. The molecule has 12 heavy (non-hydrogen) atoms. The SMILES string of the molecule is Cc1nc(Cl)ncc1C(=O)NN. The molecule has 0 fully saturated rings. The van der Waals surface area contributed by atoms with Gasteiger partial charge in [-0.2, -0.15) is 0 Å². The lowest BCUT2D eigenvalue weighted by atomic mass is 10.2. The van der Waals surface area contributed by atoms with Crippen LogP contribution in [0.2, 0.25) is 5.28 Å². The van der Waals surface area contributed by atoms with Crippen molar-refractivity contribution in [3.05, 3.63) is 22.7 Å². The van der Waals surface area contributed by atoms with Crippen LogP contribution in [0.5, 0.6) is 0 Å². The molecule has 6 heteroatoms. The molecule has 64 valence electrons. The minimum Gasteiger partial charge on any atom is -0.290 e. The largest absolute Gasteiger partial charge is 0.290 e. The number of carbonyl (C=O) groups excluding carboxylic acids is 1. The minimum absolute atomic E-state index is 0.112. The molecule has 0 aliphatic carbocycles. The van der Waals surface area contributed by atoms with Gasteiger partial charge in [-0.25, -0.2) is 15.8 Å². The average molecular weight is 187 g/mol. The first-order valence-electron chi connectivity index (χ1n) is 3.15. The number of carbonyl (C=O) groups is 1. The topological polar surface area (TPSA) is 80.9 Å². The van der Waals surface area contributed by atoms with Crippen LogP contribution in [0.25, 0.3) is 0 Å². The first-order chi connectivity index (χ1) is 5.65. The molecule has 0 bridgehead atoms. The van der Waals surface area contributed by atoms with Gasteiger partial charge in [-0.05, 0) is 18.5 Å². The molecule has 1 amide bonds. The van der Waals surface area contributed by atoms with Crippen LogP contribution in [0.1, 0.15) is 16.1 Å². The number of aryl methyl sites for hydroxylation is 1. The van der Waals surface area contributed by atoms with Gasteiger partial charge in [0.1, 0.15) is 0 Å². The molecular weight excluding hydrogens is 180 g/mol. The second kappa shape index (κ2) is 3.46. The molecule has 0 spiro atoms. The molecule has 0 aliphatic heterocycles. The molecule has 0 unspecified atom stereocenters. The summed E-state index contributed by atoms with van der Waals surface area (Å²) in [6, 6.07) is 0. The van der Waals surface area contributed by atoms with Gasteiger partial charge in [0, 0.05) is 6.20 Å². The number of hydrazine groups is 1. The molecule has 0 atom stereocenters. The number of rotatable bonds is 1. The van der Waals surface area contributed by atoms with E-state index in [1.165, 1.54) is 6.20 Å². The second-order valence-electron chi connectivity index (χ2n) is 2.11. The maximum Gasteiger partial charge on any atom is 0.268 e. The van der Waals surface area contributed by atoms with Crippen molar-refractivity contribution >= 4 is 17.5 Å². The predicted molar refractivity (Wildman–Crippen MR) is 43.4 cm³/mol. The highest BCUT2D eigenvalue weighted by molar-refractivity contribution is 6.28. The van der Waals surface area contributed by atoms with Crippen LogP contribution in [0, 0.1) is 6.92 Å². The fourth-order valence-electron chi connectivity index (χ4n) is 0.739. The molecule has 3 N–H and O–H groups in total. The fraction of sp³-hybridized carbons (Fsp3) is 0.167. The summed E-state index contributed by atoms with van der Waals surface area (Å²) in [5.74, 6) is 4.50. The van der Waals surface area contributed by atoms with Crippen molar-refractivity contribution in [1.82, 2.24) is 15.4 Å². The number of nitrogen functional groups attached to an aromatic ring is 1. The normalized spacial score (nSPS) is 9.58. The molecule has 0 aromatic carbocycles. The lowest BCUT2D eigenvalue weighted by Gasteiger charge is -2.01. The Balaban J connectivity index is 3.09. The highest BCUT2D eigenvalue weighted by Gasteiger charge is 2.08. The van der Waals surface area contributed by atoms with E-state index in [0.717, 1.165) is 0 Å². The molecule has 1 heterocycles. The third-order valence-electron chi connectivity index (χ3n) is 1.33. The van der Waals surface area contributed by atoms with Gasteiger partial charge in [-0.1, -0.05) is 0 Å². The van der Waals surface area contributed by atoms with Gasteiger partial charge in [-0.3, -0.25) is 10.2 Å². The van der Waals surface area contributed by atoms with E-state index < -0.39 is 5.91 Å². The van der Waals surface area contributed by atoms with E-state index in [4.69, 9.17) is 17.4 Å². The van der Waals surface area contributed by atoms with E-state index in [-0.39, 0.29) is 5.28 Å². The molecule has 0 radical (unpaired) electrons. The van der Waals surface area contributed by atoms with Gasteiger partial charge in [0.25, 0.3) is 5.91 Å². The van der Waals surface area contributed by atoms with Crippen molar-refractivity contribution in [3.8, 4) is 0 Å². The molecule has 1 aromatic rings. The van der Waals surface area contributed by atoms with Crippen LogP contribution in [-0.2, 0) is 0 Å². The van der Waals surface area contributed by atoms with Crippen molar-refractivity contribution in [2.75, 3.05) is 0 Å². The summed E-state index contributed by atoms with van der Waals surface area (Å²) in [4.78, 5) is 18.4. The minimum atomic E-state index is -0.427. The standard InChI is InChI=1S/C6H7ClN4O/c1-3-4(5(12)11-8)2-9-6(7)10-3/h2H,8H2,1H3,(H,11,12). The summed E-state index contributed by atoms with van der Waals surface area (Å²) in [6.07, 6.45) is 1.33. The second-order valence-corrected chi connectivity index (χ2v) is 2.45. The van der Waals surface area contributed by atoms with Gasteiger partial charge >= 0.3 is 0 Å². The number of amides is 1. The number of aromatic nitrogens is 2. The Kier molecular flexibility index (Phi) is 2.57. The number of nitrogens with zero attached hydrogens (tertiary/aromatic N) is 2. The van der Waals surface area contributed by atoms with Crippen LogP contribution < -0.4 is 11.3 Å². The summed E-state index contributed by atoms with van der Waals surface area (Å²) < 4.78 is 0. The van der Waals surface area contributed by atoms with E-state index in [1.54, 1.807) is 6.92 Å². The van der Waals surface area contributed by atoms with E-state index in [1.807, 2.05) is 5.43 Å². The van der Waals surface area contributed by atoms with Gasteiger partial charge in [0.15, 0.2) is 0 Å². The average Bonchev–Trinajstić information content (AvgIpc) is 2.03. The molecule has 0 aliphatic rings. The van der Waals surface area contributed by atoms with Crippen LogP contribution >= 0.6 is 11.6 Å². The Hall–Kier alpha value is -1.20. The van der Waals surface area contributed by atoms with Crippen molar-refractivity contribution in [2.45, 2.75) is 6.92 Å². The summed E-state index contributed by atoms with van der Waals surface area (Å²) in [5, 5.41) is 0.112. The smallest absolute Gasteiger partial charge is 0.268 e.